The summed E-state index contributed by atoms with van der Waals surface area (Å²) in [5.74, 6) is 1.16. The highest BCUT2D eigenvalue weighted by Gasteiger charge is 2.56. The molecular formula is C28H38N4O3. The Hall–Kier alpha value is -2.61. The quantitative estimate of drug-likeness (QED) is 0.491. The fourth-order valence-corrected chi connectivity index (χ4v) is 4.99. The first-order chi connectivity index (χ1) is 16.3. The molecule has 1 saturated heterocycles. The van der Waals surface area contributed by atoms with E-state index >= 15 is 0 Å². The number of likely N-dealkylation sites (tertiary alicyclic amines) is 1. The molecule has 3 aromatic rings. The first-order valence-electron chi connectivity index (χ1n) is 12.4. The molecule has 3 heterocycles. The summed E-state index contributed by atoms with van der Waals surface area (Å²) in [5.41, 5.74) is 0.838. The molecule has 1 aromatic carbocycles. The maximum atomic E-state index is 12.5. The average molecular weight is 479 g/mol. The number of hydrogen-bond donors (Lipinski definition) is 2. The number of aromatic nitrogens is 3. The molecule has 0 bridgehead atoms. The lowest BCUT2D eigenvalue weighted by Crippen LogP contribution is -2.66. The van der Waals surface area contributed by atoms with Gasteiger partial charge in [-0.25, -0.2) is 0 Å². The van der Waals surface area contributed by atoms with E-state index in [1.807, 2.05) is 18.2 Å². The third-order valence-corrected chi connectivity index (χ3v) is 7.17. The average Bonchev–Trinajstić information content (AvgIpc) is 3.23. The van der Waals surface area contributed by atoms with E-state index in [1.54, 1.807) is 26.2 Å². The van der Waals surface area contributed by atoms with Gasteiger partial charge < -0.3 is 14.7 Å². The second kappa shape index (κ2) is 9.12. The van der Waals surface area contributed by atoms with Crippen LogP contribution in [-0.4, -0.2) is 55.0 Å². The Morgan fingerprint density at radius 1 is 1.03 bits per heavy atom. The Labute approximate surface area is 208 Å². The molecule has 1 fully saturated rings. The molecular weight excluding hydrogens is 440 g/mol. The van der Waals surface area contributed by atoms with E-state index in [9.17, 15) is 10.2 Å². The summed E-state index contributed by atoms with van der Waals surface area (Å²) in [7, 11) is 0. The van der Waals surface area contributed by atoms with Gasteiger partial charge >= 0.3 is 0 Å². The van der Waals surface area contributed by atoms with Crippen molar-refractivity contribution in [3.63, 3.8) is 0 Å². The maximum Gasteiger partial charge on any atom is 0.229 e. The minimum atomic E-state index is -1.25. The number of aliphatic hydroxyl groups is 2. The van der Waals surface area contributed by atoms with Gasteiger partial charge in [-0.1, -0.05) is 50.2 Å². The third-order valence-electron chi connectivity index (χ3n) is 7.17. The van der Waals surface area contributed by atoms with E-state index in [0.717, 1.165) is 18.7 Å². The van der Waals surface area contributed by atoms with Crippen molar-refractivity contribution >= 4 is 0 Å². The SMILES string of the molecule is CC(C)c1ccc(C(O)(c2cncc(-c3noc(CC(C)(C)O)n3)c2)C2(C)CN(C(C)C)C2)cc1. The molecule has 0 amide bonds. The predicted molar refractivity (Wildman–Crippen MR) is 136 cm³/mol. The van der Waals surface area contributed by atoms with E-state index in [2.05, 4.69) is 66.8 Å². The van der Waals surface area contributed by atoms with Crippen LogP contribution < -0.4 is 0 Å². The zero-order valence-electron chi connectivity index (χ0n) is 21.9. The normalized spacial score (nSPS) is 18.0. The van der Waals surface area contributed by atoms with Crippen molar-refractivity contribution in [2.75, 3.05) is 13.1 Å². The standard InChI is InChI=1S/C28H38N4O3/c1-18(2)20-8-10-22(11-9-20)28(34,27(7)16-32(17-27)19(3)4)23-12-21(14-29-15-23)25-30-24(35-31-25)13-26(5,6)33/h8-12,14-15,18-19,33-34H,13,16-17H2,1-7H3. The minimum absolute atomic E-state index is 0.252. The number of pyridine rings is 1. The largest absolute Gasteiger partial charge is 0.390 e. The number of nitrogens with zero attached hydrogens (tertiary/aromatic N) is 4. The smallest absolute Gasteiger partial charge is 0.229 e. The van der Waals surface area contributed by atoms with Crippen LogP contribution in [0.1, 0.15) is 77.0 Å². The minimum Gasteiger partial charge on any atom is -0.390 e. The molecule has 1 atom stereocenters. The molecule has 7 heteroatoms. The van der Waals surface area contributed by atoms with E-state index in [-0.39, 0.29) is 6.42 Å². The molecule has 2 N–H and O–H groups in total. The maximum absolute atomic E-state index is 12.5. The Kier molecular flexibility index (Phi) is 6.64. The van der Waals surface area contributed by atoms with Gasteiger partial charge in [-0.2, -0.15) is 4.98 Å². The predicted octanol–water partition coefficient (Wildman–Crippen LogP) is 4.53. The van der Waals surface area contributed by atoms with Crippen molar-refractivity contribution in [3.8, 4) is 11.4 Å². The fourth-order valence-electron chi connectivity index (χ4n) is 4.99. The van der Waals surface area contributed by atoms with Crippen LogP contribution in [-0.2, 0) is 12.0 Å². The summed E-state index contributed by atoms with van der Waals surface area (Å²) in [6.45, 7) is 15.8. The molecule has 2 aromatic heterocycles. The van der Waals surface area contributed by atoms with Gasteiger partial charge in [-0.15, -0.1) is 0 Å². The van der Waals surface area contributed by atoms with Crippen molar-refractivity contribution in [2.24, 2.45) is 5.41 Å². The summed E-state index contributed by atoms with van der Waals surface area (Å²) >= 11 is 0. The fraction of sp³-hybridized carbons (Fsp3) is 0.536. The summed E-state index contributed by atoms with van der Waals surface area (Å²) in [6, 6.07) is 10.6. The lowest BCUT2D eigenvalue weighted by atomic mass is 9.61. The van der Waals surface area contributed by atoms with Gasteiger partial charge in [0.2, 0.25) is 11.7 Å². The molecule has 0 aliphatic carbocycles. The number of hydrogen-bond acceptors (Lipinski definition) is 7. The highest BCUT2D eigenvalue weighted by atomic mass is 16.5. The van der Waals surface area contributed by atoms with Gasteiger partial charge in [0.25, 0.3) is 0 Å². The molecule has 7 nitrogen and oxygen atoms in total. The van der Waals surface area contributed by atoms with E-state index in [4.69, 9.17) is 4.52 Å². The van der Waals surface area contributed by atoms with Crippen LogP contribution in [0, 0.1) is 5.41 Å². The molecule has 0 saturated carbocycles. The molecule has 0 radical (unpaired) electrons. The summed E-state index contributed by atoms with van der Waals surface area (Å²) in [5, 5.41) is 26.7. The van der Waals surface area contributed by atoms with Gasteiger partial charge in [-0.3, -0.25) is 9.88 Å². The first kappa shape index (κ1) is 25.5. The van der Waals surface area contributed by atoms with Crippen molar-refractivity contribution in [3.05, 3.63) is 65.3 Å². The number of rotatable bonds is 8. The van der Waals surface area contributed by atoms with Crippen LogP contribution in [0.15, 0.2) is 47.2 Å². The second-order valence-electron chi connectivity index (χ2n) is 11.5. The van der Waals surface area contributed by atoms with E-state index in [1.165, 1.54) is 5.56 Å². The van der Waals surface area contributed by atoms with Crippen LogP contribution in [0.3, 0.4) is 0 Å². The lowest BCUT2D eigenvalue weighted by molar-refractivity contribution is -0.144. The van der Waals surface area contributed by atoms with Crippen molar-refractivity contribution < 1.29 is 14.7 Å². The van der Waals surface area contributed by atoms with Crippen molar-refractivity contribution in [1.29, 1.82) is 0 Å². The zero-order chi connectivity index (χ0) is 25.6. The van der Waals surface area contributed by atoms with Gasteiger partial charge in [0, 0.05) is 48.1 Å². The van der Waals surface area contributed by atoms with Crippen molar-refractivity contribution in [1.82, 2.24) is 20.0 Å². The summed E-state index contributed by atoms with van der Waals surface area (Å²) < 4.78 is 5.36. The molecule has 1 aliphatic heterocycles. The van der Waals surface area contributed by atoms with Crippen LogP contribution in [0.5, 0.6) is 0 Å². The molecule has 1 aliphatic rings. The zero-order valence-corrected chi connectivity index (χ0v) is 21.9. The van der Waals surface area contributed by atoms with Gasteiger partial charge in [0.15, 0.2) is 0 Å². The van der Waals surface area contributed by atoms with E-state index in [0.29, 0.717) is 34.8 Å². The third kappa shape index (κ3) is 4.90. The van der Waals surface area contributed by atoms with Crippen LogP contribution >= 0.6 is 0 Å². The summed E-state index contributed by atoms with van der Waals surface area (Å²) in [4.78, 5) is 11.3. The topological polar surface area (TPSA) is 95.5 Å². The van der Waals surface area contributed by atoms with Gasteiger partial charge in [-0.05, 0) is 50.8 Å². The molecule has 1 unspecified atom stereocenters. The molecule has 188 valence electrons. The van der Waals surface area contributed by atoms with Crippen LogP contribution in [0.2, 0.25) is 0 Å². The van der Waals surface area contributed by atoms with E-state index < -0.39 is 16.6 Å². The Morgan fingerprint density at radius 3 is 2.26 bits per heavy atom. The highest BCUT2D eigenvalue weighted by molar-refractivity contribution is 5.56. The van der Waals surface area contributed by atoms with Crippen LogP contribution in [0.25, 0.3) is 11.4 Å². The lowest BCUT2D eigenvalue weighted by Gasteiger charge is -2.58. The first-order valence-corrected chi connectivity index (χ1v) is 12.4. The molecule has 0 spiro atoms. The second-order valence-corrected chi connectivity index (χ2v) is 11.5. The molecule has 4 rings (SSSR count). The Balaban J connectivity index is 1.76. The monoisotopic (exact) mass is 478 g/mol. The van der Waals surface area contributed by atoms with Gasteiger partial charge in [0.05, 0.1) is 12.0 Å². The Morgan fingerprint density at radius 2 is 1.69 bits per heavy atom. The number of benzene rings is 1. The van der Waals surface area contributed by atoms with Crippen molar-refractivity contribution in [2.45, 2.75) is 78.0 Å². The molecule has 35 heavy (non-hydrogen) atoms. The Bertz CT molecular complexity index is 1160. The highest BCUT2D eigenvalue weighted by Crippen LogP contribution is 2.51. The van der Waals surface area contributed by atoms with Gasteiger partial charge in [0.1, 0.15) is 5.60 Å². The van der Waals surface area contributed by atoms with Crippen LogP contribution in [0.4, 0.5) is 0 Å². The summed E-state index contributed by atoms with van der Waals surface area (Å²) in [6.07, 6.45) is 3.66.